The van der Waals surface area contributed by atoms with Gasteiger partial charge in [-0.1, -0.05) is 35.4 Å². The largest absolute Gasteiger partial charge is 0.461 e. The van der Waals surface area contributed by atoms with Crippen LogP contribution in [0.2, 0.25) is 5.02 Å². The van der Waals surface area contributed by atoms with Gasteiger partial charge in [0.2, 0.25) is 5.91 Å². The Morgan fingerprint density at radius 3 is 2.50 bits per heavy atom. The molecule has 0 heterocycles. The third kappa shape index (κ3) is 5.35. The number of hydrogen-bond acceptors (Lipinski definition) is 3. The smallest absolute Gasteiger partial charge is 0.306 e. The highest BCUT2D eigenvalue weighted by Crippen LogP contribution is 2.20. The molecule has 0 radical (unpaired) electrons. The van der Waals surface area contributed by atoms with E-state index in [0.717, 1.165) is 5.56 Å². The van der Waals surface area contributed by atoms with Crippen molar-refractivity contribution in [1.82, 2.24) is 0 Å². The molecule has 2 rings (SSSR count). The van der Waals surface area contributed by atoms with Crippen molar-refractivity contribution in [3.05, 3.63) is 64.4 Å². The van der Waals surface area contributed by atoms with Crippen molar-refractivity contribution in [3.63, 3.8) is 0 Å². The van der Waals surface area contributed by atoms with Crippen molar-refractivity contribution < 1.29 is 18.7 Å². The number of esters is 1. The van der Waals surface area contributed by atoms with Crippen LogP contribution in [-0.4, -0.2) is 11.9 Å². The molecule has 0 aliphatic heterocycles. The minimum absolute atomic E-state index is 0.0162. The molecular weight excluding hydrogens is 333 g/mol. The number of carbonyl (C=O) groups is 2. The lowest BCUT2D eigenvalue weighted by molar-refractivity contribution is -0.146. The number of aryl methyl sites for hydroxylation is 1. The van der Waals surface area contributed by atoms with Gasteiger partial charge in [-0.15, -0.1) is 0 Å². The van der Waals surface area contributed by atoms with Crippen LogP contribution in [0.15, 0.2) is 42.5 Å². The summed E-state index contributed by atoms with van der Waals surface area (Å²) in [6, 6.07) is 11.5. The fraction of sp³-hybridized carbons (Fsp3) is 0.222. The molecule has 126 valence electrons. The Hall–Kier alpha value is -2.40. The fourth-order valence-electron chi connectivity index (χ4n) is 1.97. The predicted octanol–water partition coefficient (Wildman–Crippen LogP) is 4.25. The molecule has 0 unspecified atom stereocenters. The lowest BCUT2D eigenvalue weighted by Gasteiger charge is -2.08. The summed E-state index contributed by atoms with van der Waals surface area (Å²) in [5.41, 5.74) is 1.87. The average molecular weight is 350 g/mol. The van der Waals surface area contributed by atoms with Gasteiger partial charge in [0.05, 0.1) is 11.4 Å². The van der Waals surface area contributed by atoms with Gasteiger partial charge in [-0.25, -0.2) is 4.39 Å². The van der Waals surface area contributed by atoms with Gasteiger partial charge in [0.15, 0.2) is 0 Å². The standard InChI is InChI=1S/C18H17ClFNO3/c1-12-5-7-13(8-6-12)21-17(22)9-10-18(23)24-11-14-15(19)3-2-4-16(14)20/h2-8H,9-11H2,1H3,(H,21,22). The van der Waals surface area contributed by atoms with E-state index in [1.807, 2.05) is 19.1 Å². The topological polar surface area (TPSA) is 55.4 Å². The number of benzene rings is 2. The summed E-state index contributed by atoms with van der Waals surface area (Å²) in [5.74, 6) is -1.42. The summed E-state index contributed by atoms with van der Waals surface area (Å²) in [6.07, 6.45) is -0.110. The quantitative estimate of drug-likeness (QED) is 0.793. The van der Waals surface area contributed by atoms with Crippen molar-refractivity contribution in [3.8, 4) is 0 Å². The van der Waals surface area contributed by atoms with Crippen molar-refractivity contribution in [2.24, 2.45) is 0 Å². The summed E-state index contributed by atoms with van der Waals surface area (Å²) in [7, 11) is 0. The van der Waals surface area contributed by atoms with Crippen LogP contribution in [0.4, 0.5) is 10.1 Å². The molecule has 0 aliphatic rings. The third-order valence-electron chi connectivity index (χ3n) is 3.33. The molecule has 1 amide bonds. The van der Waals surface area contributed by atoms with Crippen molar-refractivity contribution in [2.45, 2.75) is 26.4 Å². The predicted molar refractivity (Wildman–Crippen MR) is 90.2 cm³/mol. The number of nitrogens with one attached hydrogen (secondary N) is 1. The Morgan fingerprint density at radius 1 is 1.12 bits per heavy atom. The zero-order valence-corrected chi connectivity index (χ0v) is 13.9. The normalized spacial score (nSPS) is 10.3. The third-order valence-corrected chi connectivity index (χ3v) is 3.68. The molecule has 2 aromatic carbocycles. The lowest BCUT2D eigenvalue weighted by atomic mass is 10.2. The van der Waals surface area contributed by atoms with Gasteiger partial charge in [-0.3, -0.25) is 9.59 Å². The first-order valence-corrected chi connectivity index (χ1v) is 7.78. The minimum Gasteiger partial charge on any atom is -0.461 e. The first kappa shape index (κ1) is 17.9. The molecule has 2 aromatic rings. The van der Waals surface area contributed by atoms with E-state index in [1.165, 1.54) is 18.2 Å². The average Bonchev–Trinajstić information content (AvgIpc) is 2.54. The summed E-state index contributed by atoms with van der Waals surface area (Å²) in [6.45, 7) is 1.69. The molecule has 0 saturated heterocycles. The summed E-state index contributed by atoms with van der Waals surface area (Å²) in [4.78, 5) is 23.5. The maximum Gasteiger partial charge on any atom is 0.306 e. The van der Waals surface area contributed by atoms with E-state index in [1.54, 1.807) is 12.1 Å². The number of carbonyl (C=O) groups excluding carboxylic acids is 2. The van der Waals surface area contributed by atoms with E-state index in [2.05, 4.69) is 5.32 Å². The lowest BCUT2D eigenvalue weighted by Crippen LogP contribution is -2.14. The molecule has 0 aromatic heterocycles. The monoisotopic (exact) mass is 349 g/mol. The molecule has 6 heteroatoms. The summed E-state index contributed by atoms with van der Waals surface area (Å²) < 4.78 is 18.5. The van der Waals surface area contributed by atoms with Gasteiger partial charge in [0, 0.05) is 17.7 Å². The first-order chi connectivity index (χ1) is 11.5. The molecule has 0 spiro atoms. The number of halogens is 2. The van der Waals surface area contributed by atoms with Gasteiger partial charge < -0.3 is 10.1 Å². The van der Waals surface area contributed by atoms with E-state index in [4.69, 9.17) is 16.3 Å². The number of hydrogen-bond donors (Lipinski definition) is 1. The van der Waals surface area contributed by atoms with Gasteiger partial charge in [-0.2, -0.15) is 0 Å². The molecule has 0 fully saturated rings. The Kier molecular flexibility index (Phi) is 6.32. The van der Waals surface area contributed by atoms with E-state index in [-0.39, 0.29) is 35.9 Å². The number of amides is 1. The van der Waals surface area contributed by atoms with Crippen LogP contribution in [-0.2, 0) is 20.9 Å². The second-order valence-electron chi connectivity index (χ2n) is 5.28. The van der Waals surface area contributed by atoms with Gasteiger partial charge in [0.1, 0.15) is 12.4 Å². The van der Waals surface area contributed by atoms with Crippen LogP contribution in [0.1, 0.15) is 24.0 Å². The highest BCUT2D eigenvalue weighted by Gasteiger charge is 2.12. The Labute approximate surface area is 144 Å². The van der Waals surface area contributed by atoms with Gasteiger partial charge in [-0.05, 0) is 31.2 Å². The highest BCUT2D eigenvalue weighted by molar-refractivity contribution is 6.31. The number of rotatable bonds is 6. The van der Waals surface area contributed by atoms with E-state index in [0.29, 0.717) is 5.69 Å². The van der Waals surface area contributed by atoms with Gasteiger partial charge >= 0.3 is 5.97 Å². The second-order valence-corrected chi connectivity index (χ2v) is 5.68. The number of ether oxygens (including phenoxy) is 1. The van der Waals surface area contributed by atoms with E-state index in [9.17, 15) is 14.0 Å². The van der Waals surface area contributed by atoms with E-state index < -0.39 is 11.8 Å². The first-order valence-electron chi connectivity index (χ1n) is 7.41. The van der Waals surface area contributed by atoms with Gasteiger partial charge in [0.25, 0.3) is 0 Å². The molecule has 1 N–H and O–H groups in total. The number of anilines is 1. The zero-order chi connectivity index (χ0) is 17.5. The molecule has 0 bridgehead atoms. The van der Waals surface area contributed by atoms with Crippen LogP contribution >= 0.6 is 11.6 Å². The zero-order valence-electron chi connectivity index (χ0n) is 13.1. The highest BCUT2D eigenvalue weighted by atomic mass is 35.5. The maximum atomic E-state index is 13.5. The second kappa shape index (κ2) is 8.45. The fourth-order valence-corrected chi connectivity index (χ4v) is 2.19. The van der Waals surface area contributed by atoms with Crippen molar-refractivity contribution >= 4 is 29.2 Å². The SMILES string of the molecule is Cc1ccc(NC(=O)CCC(=O)OCc2c(F)cccc2Cl)cc1. The van der Waals surface area contributed by atoms with Crippen LogP contribution in [0.25, 0.3) is 0 Å². The summed E-state index contributed by atoms with van der Waals surface area (Å²) in [5, 5.41) is 2.88. The minimum atomic E-state index is -0.589. The van der Waals surface area contributed by atoms with Crippen molar-refractivity contribution in [2.75, 3.05) is 5.32 Å². The van der Waals surface area contributed by atoms with Crippen molar-refractivity contribution in [1.29, 1.82) is 0 Å². The van der Waals surface area contributed by atoms with Crippen LogP contribution in [0.5, 0.6) is 0 Å². The van der Waals surface area contributed by atoms with Crippen LogP contribution in [0.3, 0.4) is 0 Å². The summed E-state index contributed by atoms with van der Waals surface area (Å²) >= 11 is 5.85. The molecule has 0 saturated carbocycles. The van der Waals surface area contributed by atoms with Crippen LogP contribution < -0.4 is 5.32 Å². The molecular formula is C18H17ClFNO3. The van der Waals surface area contributed by atoms with Crippen LogP contribution in [0, 0.1) is 12.7 Å². The Morgan fingerprint density at radius 2 is 1.83 bits per heavy atom. The van der Waals surface area contributed by atoms with E-state index >= 15 is 0 Å². The molecule has 0 atom stereocenters. The maximum absolute atomic E-state index is 13.5. The Balaban J connectivity index is 1.76. The molecule has 0 aliphatic carbocycles. The Bertz CT molecular complexity index is 711. The molecule has 24 heavy (non-hydrogen) atoms. The molecule has 4 nitrogen and oxygen atoms in total.